The molecule has 0 aromatic heterocycles. The summed E-state index contributed by atoms with van der Waals surface area (Å²) in [6.07, 6.45) is 9.50. The predicted octanol–water partition coefficient (Wildman–Crippen LogP) is 2.02. The summed E-state index contributed by atoms with van der Waals surface area (Å²) in [5.41, 5.74) is 0. The van der Waals surface area contributed by atoms with Crippen molar-refractivity contribution in [2.75, 3.05) is 32.8 Å². The number of hydrogen-bond acceptors (Lipinski definition) is 3. The van der Waals surface area contributed by atoms with Gasteiger partial charge in [-0.05, 0) is 70.5 Å². The van der Waals surface area contributed by atoms with E-state index in [1.165, 1.54) is 64.6 Å². The minimum atomic E-state index is 0.810. The zero-order chi connectivity index (χ0) is 12.2. The van der Waals surface area contributed by atoms with E-state index in [0.29, 0.717) is 0 Å². The standard InChI is InChI=1S/C15H28N2O/c1-4-15(16-8-1)13-5-9-17(10-6-13)14-3-2-11-18-12-7-14/h13-16H,1-12H2. The molecule has 0 bridgehead atoms. The summed E-state index contributed by atoms with van der Waals surface area (Å²) >= 11 is 0. The van der Waals surface area contributed by atoms with Crippen LogP contribution >= 0.6 is 0 Å². The summed E-state index contributed by atoms with van der Waals surface area (Å²) in [7, 11) is 0. The lowest BCUT2D eigenvalue weighted by Gasteiger charge is -2.39. The summed E-state index contributed by atoms with van der Waals surface area (Å²) in [6, 6.07) is 1.65. The topological polar surface area (TPSA) is 24.5 Å². The van der Waals surface area contributed by atoms with Crippen molar-refractivity contribution in [3.63, 3.8) is 0 Å². The van der Waals surface area contributed by atoms with Crippen molar-refractivity contribution in [1.82, 2.24) is 10.2 Å². The highest BCUT2D eigenvalue weighted by Crippen LogP contribution is 2.28. The molecule has 2 unspecified atom stereocenters. The summed E-state index contributed by atoms with van der Waals surface area (Å²) in [5, 5.41) is 3.69. The third-order valence-electron chi connectivity index (χ3n) is 5.18. The highest BCUT2D eigenvalue weighted by atomic mass is 16.5. The Kier molecular flexibility index (Phi) is 4.55. The molecule has 0 spiro atoms. The molecular formula is C15H28N2O. The van der Waals surface area contributed by atoms with Gasteiger partial charge < -0.3 is 15.0 Å². The van der Waals surface area contributed by atoms with E-state index in [-0.39, 0.29) is 0 Å². The van der Waals surface area contributed by atoms with E-state index < -0.39 is 0 Å². The van der Waals surface area contributed by atoms with Crippen LogP contribution in [0, 0.1) is 5.92 Å². The SMILES string of the molecule is C1CNC(C2CCN(C3CCCOCC3)CC2)C1. The van der Waals surface area contributed by atoms with Crippen LogP contribution in [0.3, 0.4) is 0 Å². The first-order valence-electron chi connectivity index (χ1n) is 7.98. The Morgan fingerprint density at radius 2 is 1.78 bits per heavy atom. The molecule has 1 N–H and O–H groups in total. The van der Waals surface area contributed by atoms with Gasteiger partial charge in [0, 0.05) is 25.3 Å². The third kappa shape index (κ3) is 3.06. The van der Waals surface area contributed by atoms with Gasteiger partial charge in [-0.25, -0.2) is 0 Å². The largest absolute Gasteiger partial charge is 0.381 e. The van der Waals surface area contributed by atoms with Gasteiger partial charge in [0.15, 0.2) is 0 Å². The molecule has 18 heavy (non-hydrogen) atoms. The Balaban J connectivity index is 1.46. The van der Waals surface area contributed by atoms with Crippen molar-refractivity contribution in [2.45, 2.75) is 57.0 Å². The maximum absolute atomic E-state index is 5.58. The Labute approximate surface area is 111 Å². The zero-order valence-corrected chi connectivity index (χ0v) is 11.6. The van der Waals surface area contributed by atoms with Gasteiger partial charge in [0.1, 0.15) is 0 Å². The molecule has 0 amide bonds. The lowest BCUT2D eigenvalue weighted by molar-refractivity contribution is 0.0984. The molecule has 3 nitrogen and oxygen atoms in total. The van der Waals surface area contributed by atoms with Crippen molar-refractivity contribution in [3.8, 4) is 0 Å². The Morgan fingerprint density at radius 3 is 2.56 bits per heavy atom. The molecule has 3 aliphatic heterocycles. The molecule has 0 radical (unpaired) electrons. The van der Waals surface area contributed by atoms with Gasteiger partial charge in [-0.2, -0.15) is 0 Å². The minimum absolute atomic E-state index is 0.810. The van der Waals surface area contributed by atoms with Crippen molar-refractivity contribution < 1.29 is 4.74 Å². The summed E-state index contributed by atoms with van der Waals surface area (Å²) in [4.78, 5) is 2.75. The fourth-order valence-corrected chi connectivity index (χ4v) is 4.05. The average Bonchev–Trinajstić information content (AvgIpc) is 2.82. The Bertz CT molecular complexity index is 237. The van der Waals surface area contributed by atoms with Crippen molar-refractivity contribution in [2.24, 2.45) is 5.92 Å². The number of rotatable bonds is 2. The fraction of sp³-hybridized carbons (Fsp3) is 1.00. The van der Waals surface area contributed by atoms with Crippen LogP contribution in [0.5, 0.6) is 0 Å². The van der Waals surface area contributed by atoms with Gasteiger partial charge in [0.25, 0.3) is 0 Å². The van der Waals surface area contributed by atoms with E-state index in [1.54, 1.807) is 0 Å². The first-order chi connectivity index (χ1) is 8.93. The predicted molar refractivity (Wildman–Crippen MR) is 73.8 cm³/mol. The van der Waals surface area contributed by atoms with Gasteiger partial charge in [0.05, 0.1) is 0 Å². The van der Waals surface area contributed by atoms with Crippen LogP contribution in [-0.4, -0.2) is 49.8 Å². The second-order valence-corrected chi connectivity index (χ2v) is 6.27. The average molecular weight is 252 g/mol. The summed E-state index contributed by atoms with van der Waals surface area (Å²) < 4.78 is 5.58. The summed E-state index contributed by atoms with van der Waals surface area (Å²) in [5.74, 6) is 0.950. The second kappa shape index (κ2) is 6.36. The van der Waals surface area contributed by atoms with Crippen molar-refractivity contribution in [3.05, 3.63) is 0 Å². The zero-order valence-electron chi connectivity index (χ0n) is 11.6. The van der Waals surface area contributed by atoms with Crippen molar-refractivity contribution in [1.29, 1.82) is 0 Å². The number of nitrogens with one attached hydrogen (secondary N) is 1. The lowest BCUT2D eigenvalue weighted by Crippen LogP contribution is -2.45. The van der Waals surface area contributed by atoms with E-state index >= 15 is 0 Å². The Morgan fingerprint density at radius 1 is 0.889 bits per heavy atom. The molecule has 2 atom stereocenters. The van der Waals surface area contributed by atoms with Crippen LogP contribution < -0.4 is 5.32 Å². The van der Waals surface area contributed by atoms with Crippen LogP contribution in [0.4, 0.5) is 0 Å². The molecule has 3 rings (SSSR count). The normalized spacial score (nSPS) is 36.7. The van der Waals surface area contributed by atoms with Gasteiger partial charge in [-0.3, -0.25) is 0 Å². The van der Waals surface area contributed by atoms with Crippen LogP contribution in [0.15, 0.2) is 0 Å². The van der Waals surface area contributed by atoms with Crippen LogP contribution in [-0.2, 0) is 4.74 Å². The number of nitrogens with zero attached hydrogens (tertiary/aromatic N) is 1. The first-order valence-corrected chi connectivity index (χ1v) is 7.98. The van der Waals surface area contributed by atoms with Crippen molar-refractivity contribution >= 4 is 0 Å². The summed E-state index contributed by atoms with van der Waals surface area (Å²) in [6.45, 7) is 5.87. The molecule has 3 aliphatic rings. The molecule has 3 saturated heterocycles. The van der Waals surface area contributed by atoms with E-state index in [1.807, 2.05) is 0 Å². The lowest BCUT2D eigenvalue weighted by atomic mass is 9.87. The second-order valence-electron chi connectivity index (χ2n) is 6.27. The maximum Gasteiger partial charge on any atom is 0.0480 e. The van der Waals surface area contributed by atoms with Gasteiger partial charge in [-0.1, -0.05) is 0 Å². The van der Waals surface area contributed by atoms with Gasteiger partial charge in [-0.15, -0.1) is 0 Å². The fourth-order valence-electron chi connectivity index (χ4n) is 4.05. The number of hydrogen-bond donors (Lipinski definition) is 1. The molecule has 3 heteroatoms. The monoisotopic (exact) mass is 252 g/mol. The Hall–Kier alpha value is -0.120. The molecule has 104 valence electrons. The molecule has 0 saturated carbocycles. The third-order valence-corrected chi connectivity index (χ3v) is 5.18. The number of likely N-dealkylation sites (tertiary alicyclic amines) is 1. The van der Waals surface area contributed by atoms with Gasteiger partial charge in [0.2, 0.25) is 0 Å². The van der Waals surface area contributed by atoms with Crippen LogP contribution in [0.1, 0.15) is 44.9 Å². The van der Waals surface area contributed by atoms with E-state index in [4.69, 9.17) is 4.74 Å². The smallest absolute Gasteiger partial charge is 0.0480 e. The molecular weight excluding hydrogens is 224 g/mol. The molecule has 3 fully saturated rings. The highest BCUT2D eigenvalue weighted by Gasteiger charge is 2.30. The highest BCUT2D eigenvalue weighted by molar-refractivity contribution is 4.87. The quantitative estimate of drug-likeness (QED) is 0.814. The molecule has 0 aliphatic carbocycles. The van der Waals surface area contributed by atoms with Crippen LogP contribution in [0.2, 0.25) is 0 Å². The maximum atomic E-state index is 5.58. The molecule has 3 heterocycles. The number of piperidine rings is 1. The van der Waals surface area contributed by atoms with E-state index in [0.717, 1.165) is 31.2 Å². The number of ether oxygens (including phenoxy) is 1. The molecule has 0 aromatic carbocycles. The van der Waals surface area contributed by atoms with Crippen LogP contribution in [0.25, 0.3) is 0 Å². The first kappa shape index (κ1) is 12.9. The van der Waals surface area contributed by atoms with E-state index in [2.05, 4.69) is 10.2 Å². The minimum Gasteiger partial charge on any atom is -0.381 e. The molecule has 0 aromatic rings. The van der Waals surface area contributed by atoms with Gasteiger partial charge >= 0.3 is 0 Å². The van der Waals surface area contributed by atoms with E-state index in [9.17, 15) is 0 Å².